The highest BCUT2D eigenvalue weighted by Gasteiger charge is 2.48. The van der Waals surface area contributed by atoms with Gasteiger partial charge in [0.1, 0.15) is 11.8 Å². The van der Waals surface area contributed by atoms with Crippen molar-refractivity contribution in [3.8, 4) is 0 Å². The lowest BCUT2D eigenvalue weighted by Crippen LogP contribution is -2.61. The number of hydrogen-bond acceptors (Lipinski definition) is 6. The standard InChI is InChI=1S/C20H25N3O4/c1-3-20(24)14(2)27-18(16-9-10-21-13-17(16)23(25)26)11-19(20)22-12-15-7-5-4-6-8-15/h4-10,13-14,18-19,22,24H,3,11-12H2,1-2H3/t14-,18-,19-,20-/m1/s1. The maximum atomic E-state index is 11.4. The molecule has 144 valence electrons. The Morgan fingerprint density at radius 3 is 2.78 bits per heavy atom. The molecule has 27 heavy (non-hydrogen) atoms. The molecule has 1 aromatic heterocycles. The van der Waals surface area contributed by atoms with Crippen molar-refractivity contribution in [1.82, 2.24) is 10.3 Å². The van der Waals surface area contributed by atoms with E-state index in [-0.39, 0.29) is 11.7 Å². The van der Waals surface area contributed by atoms with Crippen LogP contribution < -0.4 is 5.32 Å². The zero-order chi connectivity index (χ0) is 19.4. The summed E-state index contributed by atoms with van der Waals surface area (Å²) in [5.74, 6) is 0. The Kier molecular flexibility index (Phi) is 5.84. The third kappa shape index (κ3) is 4.00. The molecule has 0 aliphatic carbocycles. The number of ether oxygens (including phenoxy) is 1. The van der Waals surface area contributed by atoms with Gasteiger partial charge in [0, 0.05) is 18.8 Å². The molecule has 7 heteroatoms. The van der Waals surface area contributed by atoms with Crippen LogP contribution in [0.1, 0.15) is 43.9 Å². The summed E-state index contributed by atoms with van der Waals surface area (Å²) >= 11 is 0. The molecule has 2 N–H and O–H groups in total. The van der Waals surface area contributed by atoms with Crippen LogP contribution in [0.5, 0.6) is 0 Å². The minimum Gasteiger partial charge on any atom is -0.386 e. The monoisotopic (exact) mass is 371 g/mol. The molecule has 2 aromatic rings. The molecule has 0 spiro atoms. The molecule has 1 fully saturated rings. The van der Waals surface area contributed by atoms with E-state index >= 15 is 0 Å². The molecule has 2 heterocycles. The third-order valence-corrected chi connectivity index (χ3v) is 5.46. The van der Waals surface area contributed by atoms with Crippen LogP contribution in [0.2, 0.25) is 0 Å². The highest BCUT2D eigenvalue weighted by Crippen LogP contribution is 2.41. The molecular weight excluding hydrogens is 346 g/mol. The molecule has 0 unspecified atom stereocenters. The summed E-state index contributed by atoms with van der Waals surface area (Å²) < 4.78 is 6.03. The van der Waals surface area contributed by atoms with Gasteiger partial charge in [-0.3, -0.25) is 15.1 Å². The van der Waals surface area contributed by atoms with Gasteiger partial charge in [0.15, 0.2) is 0 Å². The van der Waals surface area contributed by atoms with Crippen molar-refractivity contribution >= 4 is 5.69 Å². The van der Waals surface area contributed by atoms with Crippen molar-refractivity contribution in [2.24, 2.45) is 0 Å². The fourth-order valence-corrected chi connectivity index (χ4v) is 3.77. The number of benzene rings is 1. The van der Waals surface area contributed by atoms with Gasteiger partial charge < -0.3 is 15.2 Å². The summed E-state index contributed by atoms with van der Waals surface area (Å²) in [7, 11) is 0. The molecule has 3 rings (SSSR count). The summed E-state index contributed by atoms with van der Waals surface area (Å²) in [5, 5.41) is 26.0. The largest absolute Gasteiger partial charge is 0.386 e. The lowest BCUT2D eigenvalue weighted by Gasteiger charge is -2.47. The first-order chi connectivity index (χ1) is 13.0. The van der Waals surface area contributed by atoms with Gasteiger partial charge >= 0.3 is 0 Å². The first-order valence-corrected chi connectivity index (χ1v) is 9.19. The molecule has 1 aliphatic rings. The maximum absolute atomic E-state index is 11.4. The average molecular weight is 371 g/mol. The molecule has 1 aromatic carbocycles. The number of nitrogens with one attached hydrogen (secondary N) is 1. The van der Waals surface area contributed by atoms with Crippen LogP contribution in [0.3, 0.4) is 0 Å². The quantitative estimate of drug-likeness (QED) is 0.598. The summed E-state index contributed by atoms with van der Waals surface area (Å²) in [4.78, 5) is 14.8. The van der Waals surface area contributed by atoms with Crippen molar-refractivity contribution in [2.45, 2.75) is 57.1 Å². The van der Waals surface area contributed by atoms with E-state index < -0.39 is 22.7 Å². The summed E-state index contributed by atoms with van der Waals surface area (Å²) in [6, 6.07) is 11.3. The normalized spacial score (nSPS) is 28.0. The number of aromatic nitrogens is 1. The van der Waals surface area contributed by atoms with Gasteiger partial charge in [-0.25, -0.2) is 0 Å². The van der Waals surface area contributed by atoms with Crippen molar-refractivity contribution < 1.29 is 14.8 Å². The van der Waals surface area contributed by atoms with Crippen LogP contribution in [0.15, 0.2) is 48.8 Å². The summed E-state index contributed by atoms with van der Waals surface area (Å²) in [6.45, 7) is 4.35. The van der Waals surface area contributed by atoms with Crippen molar-refractivity contribution in [3.63, 3.8) is 0 Å². The van der Waals surface area contributed by atoms with Crippen LogP contribution in [-0.4, -0.2) is 32.8 Å². The van der Waals surface area contributed by atoms with Crippen LogP contribution in [0.4, 0.5) is 5.69 Å². The van der Waals surface area contributed by atoms with E-state index in [0.717, 1.165) is 5.56 Å². The predicted octanol–water partition coefficient (Wildman–Crippen LogP) is 3.14. The summed E-state index contributed by atoms with van der Waals surface area (Å²) in [6.07, 6.45) is 2.78. The highest BCUT2D eigenvalue weighted by molar-refractivity contribution is 5.39. The minimum absolute atomic E-state index is 0.0570. The van der Waals surface area contributed by atoms with Crippen LogP contribution >= 0.6 is 0 Å². The Morgan fingerprint density at radius 1 is 1.37 bits per heavy atom. The number of nitrogens with zero attached hydrogens (tertiary/aromatic N) is 2. The SMILES string of the molecule is CC[C@]1(O)[C@H](NCc2ccccc2)C[C@H](c2ccncc2[N+](=O)[O-])O[C@@H]1C. The van der Waals surface area contributed by atoms with Gasteiger partial charge in [-0.15, -0.1) is 0 Å². The lowest BCUT2D eigenvalue weighted by atomic mass is 9.79. The molecule has 1 aliphatic heterocycles. The fourth-order valence-electron chi connectivity index (χ4n) is 3.77. The minimum atomic E-state index is -1.05. The summed E-state index contributed by atoms with van der Waals surface area (Å²) in [5.41, 5.74) is 0.499. The zero-order valence-corrected chi connectivity index (χ0v) is 15.5. The van der Waals surface area contributed by atoms with Gasteiger partial charge in [0.05, 0.1) is 22.7 Å². The zero-order valence-electron chi connectivity index (χ0n) is 15.5. The lowest BCUT2D eigenvalue weighted by molar-refractivity contribution is -0.386. The average Bonchev–Trinajstić information content (AvgIpc) is 2.69. The molecular formula is C20H25N3O4. The first-order valence-electron chi connectivity index (χ1n) is 9.19. The Labute approximate surface area is 158 Å². The first kappa shape index (κ1) is 19.4. The second-order valence-electron chi connectivity index (χ2n) is 6.96. The number of rotatable bonds is 6. The second kappa shape index (κ2) is 8.12. The van der Waals surface area contributed by atoms with Gasteiger partial charge in [0.25, 0.3) is 5.69 Å². The van der Waals surface area contributed by atoms with E-state index in [1.165, 1.54) is 12.4 Å². The molecule has 0 radical (unpaired) electrons. The van der Waals surface area contributed by atoms with Crippen molar-refractivity contribution in [2.75, 3.05) is 0 Å². The second-order valence-corrected chi connectivity index (χ2v) is 6.96. The van der Waals surface area contributed by atoms with Gasteiger partial charge in [0.2, 0.25) is 0 Å². The smallest absolute Gasteiger partial charge is 0.293 e. The predicted molar refractivity (Wildman–Crippen MR) is 101 cm³/mol. The van der Waals surface area contributed by atoms with Crippen LogP contribution in [0, 0.1) is 10.1 Å². The Morgan fingerprint density at radius 2 is 2.11 bits per heavy atom. The van der Waals surface area contributed by atoms with Gasteiger partial charge in [-0.05, 0) is 31.4 Å². The number of aliphatic hydroxyl groups is 1. The Bertz CT molecular complexity index is 786. The van der Waals surface area contributed by atoms with Crippen LogP contribution in [-0.2, 0) is 11.3 Å². The van der Waals surface area contributed by atoms with Crippen LogP contribution in [0.25, 0.3) is 0 Å². The fraction of sp³-hybridized carbons (Fsp3) is 0.450. The number of pyridine rings is 1. The van der Waals surface area contributed by atoms with Crippen molar-refractivity contribution in [1.29, 1.82) is 0 Å². The van der Waals surface area contributed by atoms with E-state index in [2.05, 4.69) is 10.3 Å². The van der Waals surface area contributed by atoms with E-state index in [0.29, 0.717) is 24.9 Å². The molecule has 0 amide bonds. The Balaban J connectivity index is 1.85. The highest BCUT2D eigenvalue weighted by atomic mass is 16.6. The van der Waals surface area contributed by atoms with Gasteiger partial charge in [-0.1, -0.05) is 37.3 Å². The molecule has 0 bridgehead atoms. The molecule has 0 saturated carbocycles. The molecule has 1 saturated heterocycles. The Hall–Kier alpha value is -2.35. The van der Waals surface area contributed by atoms with E-state index in [1.54, 1.807) is 6.07 Å². The topological polar surface area (TPSA) is 97.5 Å². The maximum Gasteiger partial charge on any atom is 0.293 e. The third-order valence-electron chi connectivity index (χ3n) is 5.46. The van der Waals surface area contributed by atoms with Gasteiger partial charge in [-0.2, -0.15) is 0 Å². The van der Waals surface area contributed by atoms with Crippen molar-refractivity contribution in [3.05, 3.63) is 70.0 Å². The van der Waals surface area contributed by atoms with E-state index in [4.69, 9.17) is 4.74 Å². The number of nitro groups is 1. The number of hydrogen-bond donors (Lipinski definition) is 2. The van der Waals surface area contributed by atoms with E-state index in [9.17, 15) is 15.2 Å². The van der Waals surface area contributed by atoms with E-state index in [1.807, 2.05) is 44.2 Å². The molecule has 4 atom stereocenters. The molecule has 7 nitrogen and oxygen atoms in total.